The third kappa shape index (κ3) is 7.93. The maximum absolute atomic E-state index is 13.1. The SMILES string of the molecule is CC1(C)C(NC(=O)/C(=N\OCCOc2ccc(Nc3nccn3CCCN)nc2)c2csc(N)n2)C(=O)N1OS(=O)(=O)O. The summed E-state index contributed by atoms with van der Waals surface area (Å²) in [6, 6.07) is 2.22. The summed E-state index contributed by atoms with van der Waals surface area (Å²) < 4.78 is 42.8. The number of amides is 2. The second-order valence-corrected chi connectivity index (χ2v) is 11.4. The molecule has 0 spiro atoms. The molecule has 1 saturated heterocycles. The predicted molar refractivity (Wildman–Crippen MR) is 153 cm³/mol. The van der Waals surface area contributed by atoms with E-state index in [0.717, 1.165) is 24.3 Å². The van der Waals surface area contributed by atoms with Gasteiger partial charge in [0, 0.05) is 24.3 Å². The van der Waals surface area contributed by atoms with Crippen LogP contribution >= 0.6 is 11.3 Å². The van der Waals surface area contributed by atoms with Gasteiger partial charge in [0.1, 0.15) is 29.9 Å². The molecule has 1 unspecified atom stereocenters. The van der Waals surface area contributed by atoms with Gasteiger partial charge in [-0.15, -0.1) is 15.6 Å². The van der Waals surface area contributed by atoms with Gasteiger partial charge in [-0.2, -0.15) is 13.5 Å². The van der Waals surface area contributed by atoms with Gasteiger partial charge in [-0.3, -0.25) is 14.1 Å². The molecule has 18 nitrogen and oxygen atoms in total. The summed E-state index contributed by atoms with van der Waals surface area (Å²) in [6.07, 6.45) is 5.86. The molecule has 232 valence electrons. The monoisotopic (exact) mass is 638 g/mol. The standard InChI is InChI=1S/C23H30N10O8S2/c1-23(2)18(20(35)33(23)41-43(36,37)38)30-19(34)17(15-13-42-21(25)28-15)31-40-11-10-39-14-4-5-16(27-12-14)29-22-26-7-9-32(22)8-3-6-24/h4-5,7,9,12-13,18H,3,6,8,10-11,24H2,1-2H3,(H2,25,28)(H,30,34)(H,26,27,29)(H,36,37,38)/b31-17-. The Labute approximate surface area is 249 Å². The number of nitrogens with two attached hydrogens (primary N) is 2. The number of thiazole rings is 1. The molecule has 3 aromatic heterocycles. The molecule has 4 heterocycles. The topological polar surface area (TPSA) is 252 Å². The van der Waals surface area contributed by atoms with E-state index < -0.39 is 33.8 Å². The number of aryl methyl sites for hydroxylation is 1. The Morgan fingerprint density at radius 3 is 2.70 bits per heavy atom. The fraction of sp³-hybridized carbons (Fsp3) is 0.391. The van der Waals surface area contributed by atoms with Crippen LogP contribution in [0.25, 0.3) is 0 Å². The van der Waals surface area contributed by atoms with Crippen molar-refractivity contribution in [2.45, 2.75) is 38.4 Å². The first kappa shape index (κ1) is 31.6. The first-order chi connectivity index (χ1) is 20.4. The number of nitrogen functional groups attached to an aromatic ring is 1. The van der Waals surface area contributed by atoms with Crippen molar-refractivity contribution in [2.24, 2.45) is 10.9 Å². The van der Waals surface area contributed by atoms with E-state index in [1.165, 1.54) is 25.4 Å². The van der Waals surface area contributed by atoms with E-state index in [-0.39, 0.29) is 29.8 Å². The number of carbonyl (C=O) groups is 2. The van der Waals surface area contributed by atoms with Crippen LogP contribution in [0.3, 0.4) is 0 Å². The summed E-state index contributed by atoms with van der Waals surface area (Å²) in [7, 11) is -4.95. The average Bonchev–Trinajstić information content (AvgIpc) is 3.59. The molecule has 20 heteroatoms. The number of hydrogen-bond donors (Lipinski definition) is 5. The lowest BCUT2D eigenvalue weighted by Crippen LogP contribution is -2.76. The van der Waals surface area contributed by atoms with Crippen LogP contribution in [0, 0.1) is 0 Å². The Hall–Kier alpha value is -4.37. The third-order valence-corrected chi connectivity index (χ3v) is 7.01. The molecule has 43 heavy (non-hydrogen) atoms. The quantitative estimate of drug-likeness (QED) is 0.0485. The van der Waals surface area contributed by atoms with Crippen LogP contribution in [0.2, 0.25) is 0 Å². The van der Waals surface area contributed by atoms with E-state index in [4.69, 9.17) is 25.6 Å². The van der Waals surface area contributed by atoms with Gasteiger partial charge in [-0.1, -0.05) is 5.16 Å². The molecule has 1 aliphatic heterocycles. The van der Waals surface area contributed by atoms with E-state index in [1.54, 1.807) is 18.3 Å². The highest BCUT2D eigenvalue weighted by Crippen LogP contribution is 2.33. The van der Waals surface area contributed by atoms with Crippen molar-refractivity contribution in [3.05, 3.63) is 41.8 Å². The van der Waals surface area contributed by atoms with E-state index in [0.29, 0.717) is 29.1 Å². The zero-order valence-electron chi connectivity index (χ0n) is 23.0. The highest BCUT2D eigenvalue weighted by Gasteiger charge is 2.58. The van der Waals surface area contributed by atoms with E-state index in [1.807, 2.05) is 10.8 Å². The average molecular weight is 639 g/mol. The van der Waals surface area contributed by atoms with Crippen molar-refractivity contribution in [3.8, 4) is 5.75 Å². The molecule has 2 amide bonds. The van der Waals surface area contributed by atoms with Crippen molar-refractivity contribution in [1.82, 2.24) is 29.9 Å². The Morgan fingerprint density at radius 1 is 1.28 bits per heavy atom. The summed E-state index contributed by atoms with van der Waals surface area (Å²) in [6.45, 7) is 4.12. The van der Waals surface area contributed by atoms with Gasteiger partial charge in [0.15, 0.2) is 17.5 Å². The number of oxime groups is 1. The van der Waals surface area contributed by atoms with Crippen LogP contribution in [0.4, 0.5) is 16.9 Å². The van der Waals surface area contributed by atoms with Crippen LogP contribution in [0.5, 0.6) is 5.75 Å². The molecule has 1 atom stereocenters. The Kier molecular flexibility index (Phi) is 9.76. The minimum absolute atomic E-state index is 0.0473. The Bertz CT molecular complexity index is 1570. The number of β-lactam (4-membered cyclic amide) rings is 1. The van der Waals surface area contributed by atoms with E-state index >= 15 is 0 Å². The number of rotatable bonds is 15. The number of imidazole rings is 1. The fourth-order valence-corrected chi connectivity index (χ4v) is 4.86. The number of ether oxygens (including phenoxy) is 1. The van der Waals surface area contributed by atoms with Crippen LogP contribution in [0.1, 0.15) is 26.0 Å². The van der Waals surface area contributed by atoms with Crippen molar-refractivity contribution in [2.75, 3.05) is 30.8 Å². The Balaban J connectivity index is 1.31. The highest BCUT2D eigenvalue weighted by atomic mass is 32.3. The minimum atomic E-state index is -4.95. The normalized spacial score (nSPS) is 16.5. The number of nitrogens with zero attached hydrogens (tertiary/aromatic N) is 6. The molecular formula is C23H30N10O8S2. The van der Waals surface area contributed by atoms with Crippen LogP contribution < -0.4 is 26.8 Å². The largest absolute Gasteiger partial charge is 0.488 e. The molecule has 0 bridgehead atoms. The highest BCUT2D eigenvalue weighted by molar-refractivity contribution is 7.80. The zero-order valence-corrected chi connectivity index (χ0v) is 24.7. The minimum Gasteiger partial charge on any atom is -0.488 e. The van der Waals surface area contributed by atoms with Gasteiger partial charge in [0.2, 0.25) is 5.95 Å². The second-order valence-electron chi connectivity index (χ2n) is 9.48. The van der Waals surface area contributed by atoms with Crippen molar-refractivity contribution < 1.29 is 36.4 Å². The van der Waals surface area contributed by atoms with Crippen LogP contribution in [-0.2, 0) is 35.7 Å². The summed E-state index contributed by atoms with van der Waals surface area (Å²) >= 11 is 1.06. The van der Waals surface area contributed by atoms with E-state index in [2.05, 4.69) is 35.0 Å². The van der Waals surface area contributed by atoms with Gasteiger partial charge in [0.25, 0.3) is 11.8 Å². The number of hydrogen-bond acceptors (Lipinski definition) is 15. The van der Waals surface area contributed by atoms with Crippen molar-refractivity contribution in [1.29, 1.82) is 0 Å². The smallest absolute Gasteiger partial charge is 0.418 e. The molecule has 0 aliphatic carbocycles. The number of carbonyl (C=O) groups excluding carboxylic acids is 2. The summed E-state index contributed by atoms with van der Waals surface area (Å²) in [4.78, 5) is 43.4. The lowest BCUT2D eigenvalue weighted by Gasteiger charge is -2.50. The van der Waals surface area contributed by atoms with Crippen molar-refractivity contribution >= 4 is 56.2 Å². The summed E-state index contributed by atoms with van der Waals surface area (Å²) in [5.41, 5.74) is 9.75. The molecule has 0 radical (unpaired) electrons. The number of pyridine rings is 1. The molecule has 3 aromatic rings. The zero-order chi connectivity index (χ0) is 31.2. The number of anilines is 3. The lowest BCUT2D eigenvalue weighted by molar-refractivity contribution is -0.218. The van der Waals surface area contributed by atoms with Gasteiger partial charge >= 0.3 is 10.4 Å². The van der Waals surface area contributed by atoms with Gasteiger partial charge in [-0.05, 0) is 38.9 Å². The molecule has 1 aliphatic rings. The van der Waals surface area contributed by atoms with Gasteiger partial charge in [-0.25, -0.2) is 15.0 Å². The van der Waals surface area contributed by atoms with Gasteiger partial charge in [0.05, 0.1) is 11.7 Å². The number of nitrogens with one attached hydrogen (secondary N) is 2. The molecule has 4 rings (SSSR count). The maximum atomic E-state index is 13.1. The molecule has 0 saturated carbocycles. The summed E-state index contributed by atoms with van der Waals surface area (Å²) in [5.74, 6) is -0.101. The molecular weight excluding hydrogens is 608 g/mol. The number of hydroxylamine groups is 2. The van der Waals surface area contributed by atoms with Crippen LogP contribution in [-0.4, -0.2) is 86.4 Å². The second kappa shape index (κ2) is 13.3. The first-order valence-electron chi connectivity index (χ1n) is 12.7. The fourth-order valence-electron chi connectivity index (χ4n) is 3.86. The lowest BCUT2D eigenvalue weighted by atomic mass is 9.84. The predicted octanol–water partition coefficient (Wildman–Crippen LogP) is 0.0489. The van der Waals surface area contributed by atoms with Crippen molar-refractivity contribution in [3.63, 3.8) is 0 Å². The first-order valence-corrected chi connectivity index (χ1v) is 14.9. The molecule has 0 aromatic carbocycles. The Morgan fingerprint density at radius 2 is 2.07 bits per heavy atom. The summed E-state index contributed by atoms with van der Waals surface area (Å²) in [5, 5.41) is 11.5. The maximum Gasteiger partial charge on any atom is 0.418 e. The van der Waals surface area contributed by atoms with Crippen LogP contribution in [0.15, 0.2) is 41.3 Å². The van der Waals surface area contributed by atoms with Gasteiger partial charge < -0.3 is 36.2 Å². The molecule has 1 fully saturated rings. The third-order valence-electron chi connectivity index (χ3n) is 5.99. The van der Waals surface area contributed by atoms with E-state index in [9.17, 15) is 18.0 Å². The number of aromatic nitrogens is 4. The molecule has 7 N–H and O–H groups in total.